The standard InChI is InChI=1S/C36H45Cl/c1-6-32-34(30-13-8-7-11-26(3)23-30)22-18-28(5)33-20-15-25(2)16-21-36(33)35(32)14-10-9-12-29-24-31(37)19-17-27(29)4/h7-8,13,15,17,19-20,22-24,28,36H,6,9-12,14,16,18,21H2,1-5H3. The summed E-state index contributed by atoms with van der Waals surface area (Å²) in [7, 11) is 0. The first-order valence-electron chi connectivity index (χ1n) is 14.5. The molecule has 0 saturated heterocycles. The quantitative estimate of drug-likeness (QED) is 0.318. The van der Waals surface area contributed by atoms with E-state index < -0.39 is 0 Å². The minimum absolute atomic E-state index is 0.558. The molecule has 2 unspecified atom stereocenters. The fourth-order valence-electron chi connectivity index (χ4n) is 6.34. The first kappa shape index (κ1) is 27.7. The molecule has 1 aromatic rings. The summed E-state index contributed by atoms with van der Waals surface area (Å²) < 4.78 is 0. The van der Waals surface area contributed by atoms with Crippen molar-refractivity contribution in [3.8, 4) is 0 Å². The molecule has 3 aliphatic rings. The van der Waals surface area contributed by atoms with E-state index in [1.54, 1.807) is 16.7 Å². The molecule has 0 radical (unpaired) electrons. The van der Waals surface area contributed by atoms with Crippen LogP contribution in [0.25, 0.3) is 0 Å². The molecule has 0 N–H and O–H groups in total. The average Bonchev–Trinajstić information content (AvgIpc) is 3.21. The Morgan fingerprint density at radius 1 is 0.973 bits per heavy atom. The number of benzene rings is 1. The van der Waals surface area contributed by atoms with Crippen LogP contribution in [0.2, 0.25) is 5.02 Å². The molecule has 0 heterocycles. The molecular formula is C36H45Cl. The van der Waals surface area contributed by atoms with Gasteiger partial charge in [0.15, 0.2) is 0 Å². The molecule has 0 saturated carbocycles. The smallest absolute Gasteiger partial charge is 0.0408 e. The van der Waals surface area contributed by atoms with Gasteiger partial charge in [0, 0.05) is 10.9 Å². The average molecular weight is 513 g/mol. The second kappa shape index (κ2) is 13.0. The summed E-state index contributed by atoms with van der Waals surface area (Å²) in [6.07, 6.45) is 27.2. The Balaban J connectivity index is 1.69. The number of rotatable bonds is 7. The number of aryl methyl sites for hydroxylation is 2. The minimum atomic E-state index is 0.558. The second-order valence-electron chi connectivity index (χ2n) is 11.4. The van der Waals surface area contributed by atoms with Crippen LogP contribution in [-0.2, 0) is 6.42 Å². The Hall–Kier alpha value is -2.31. The van der Waals surface area contributed by atoms with Gasteiger partial charge in [0.2, 0.25) is 0 Å². The molecular weight excluding hydrogens is 468 g/mol. The molecule has 2 atom stereocenters. The van der Waals surface area contributed by atoms with Crippen molar-refractivity contribution in [1.82, 2.24) is 0 Å². The van der Waals surface area contributed by atoms with Gasteiger partial charge < -0.3 is 0 Å². The van der Waals surface area contributed by atoms with Gasteiger partial charge in [0.05, 0.1) is 0 Å². The Kier molecular flexibility index (Phi) is 9.71. The van der Waals surface area contributed by atoms with Crippen molar-refractivity contribution in [2.24, 2.45) is 11.8 Å². The molecule has 0 nitrogen and oxygen atoms in total. The SMILES string of the molecule is CCC1=C(CCCCc2cc(Cl)ccc2C)C2CCC(C)=CC=C2C(C)CC=C1C1=CC=CCC(C)=C1. The number of unbranched alkanes of at least 4 members (excludes halogenated alkanes) is 1. The predicted octanol–water partition coefficient (Wildman–Crippen LogP) is 11.1. The van der Waals surface area contributed by atoms with Crippen molar-refractivity contribution in [2.75, 3.05) is 0 Å². The van der Waals surface area contributed by atoms with Gasteiger partial charge in [-0.1, -0.05) is 96.3 Å². The molecule has 1 aromatic carbocycles. The summed E-state index contributed by atoms with van der Waals surface area (Å²) in [5.74, 6) is 1.12. The van der Waals surface area contributed by atoms with E-state index in [4.69, 9.17) is 11.6 Å². The maximum absolute atomic E-state index is 6.31. The third-order valence-electron chi connectivity index (χ3n) is 8.54. The van der Waals surface area contributed by atoms with Crippen molar-refractivity contribution in [3.63, 3.8) is 0 Å². The number of allylic oxidation sites excluding steroid dienone is 14. The van der Waals surface area contributed by atoms with Crippen molar-refractivity contribution in [3.05, 3.63) is 116 Å². The van der Waals surface area contributed by atoms with Crippen molar-refractivity contribution >= 4 is 11.6 Å². The summed E-state index contributed by atoms with van der Waals surface area (Å²) in [5.41, 5.74) is 13.6. The lowest BCUT2D eigenvalue weighted by Gasteiger charge is -2.32. The largest absolute Gasteiger partial charge is 0.0843 e. The van der Waals surface area contributed by atoms with Crippen LogP contribution in [0.5, 0.6) is 0 Å². The fraction of sp³-hybridized carbons (Fsp3) is 0.444. The Morgan fingerprint density at radius 3 is 2.59 bits per heavy atom. The maximum atomic E-state index is 6.31. The zero-order valence-electron chi connectivity index (χ0n) is 23.7. The maximum Gasteiger partial charge on any atom is 0.0408 e. The van der Waals surface area contributed by atoms with E-state index in [1.165, 1.54) is 65.5 Å². The fourth-order valence-corrected chi connectivity index (χ4v) is 6.53. The highest BCUT2D eigenvalue weighted by Gasteiger charge is 2.29. The van der Waals surface area contributed by atoms with E-state index in [2.05, 4.69) is 89.3 Å². The predicted molar refractivity (Wildman–Crippen MR) is 163 cm³/mol. The van der Waals surface area contributed by atoms with E-state index in [9.17, 15) is 0 Å². The van der Waals surface area contributed by atoms with Crippen LogP contribution in [0, 0.1) is 18.8 Å². The summed E-state index contributed by atoms with van der Waals surface area (Å²) in [4.78, 5) is 0. The molecule has 3 aliphatic carbocycles. The van der Waals surface area contributed by atoms with Crippen molar-refractivity contribution in [2.45, 2.75) is 92.4 Å². The topological polar surface area (TPSA) is 0 Å². The third-order valence-corrected chi connectivity index (χ3v) is 8.77. The van der Waals surface area contributed by atoms with E-state index in [1.807, 2.05) is 6.07 Å². The lowest BCUT2D eigenvalue weighted by Crippen LogP contribution is -2.18. The zero-order chi connectivity index (χ0) is 26.4. The minimum Gasteiger partial charge on any atom is -0.0843 e. The highest BCUT2D eigenvalue weighted by molar-refractivity contribution is 6.30. The van der Waals surface area contributed by atoms with Crippen LogP contribution >= 0.6 is 11.6 Å². The Morgan fingerprint density at radius 2 is 1.78 bits per heavy atom. The molecule has 0 aromatic heterocycles. The van der Waals surface area contributed by atoms with Crippen LogP contribution in [0.15, 0.2) is 99.7 Å². The summed E-state index contributed by atoms with van der Waals surface area (Å²) in [6.45, 7) is 11.6. The van der Waals surface area contributed by atoms with E-state index in [0.717, 1.165) is 30.7 Å². The summed E-state index contributed by atoms with van der Waals surface area (Å²) in [5, 5.41) is 0.852. The first-order chi connectivity index (χ1) is 17.9. The Labute approximate surface area is 231 Å². The third kappa shape index (κ3) is 6.97. The normalized spacial score (nSPS) is 22.5. The van der Waals surface area contributed by atoms with Gasteiger partial charge in [0.25, 0.3) is 0 Å². The lowest BCUT2D eigenvalue weighted by atomic mass is 9.72. The van der Waals surface area contributed by atoms with Gasteiger partial charge in [-0.2, -0.15) is 0 Å². The molecule has 0 fully saturated rings. The van der Waals surface area contributed by atoms with Crippen LogP contribution in [0.3, 0.4) is 0 Å². The first-order valence-corrected chi connectivity index (χ1v) is 14.8. The second-order valence-corrected chi connectivity index (χ2v) is 11.8. The van der Waals surface area contributed by atoms with Crippen molar-refractivity contribution < 1.29 is 0 Å². The van der Waals surface area contributed by atoms with E-state index in [0.29, 0.717) is 11.8 Å². The van der Waals surface area contributed by atoms with Crippen LogP contribution < -0.4 is 0 Å². The number of hydrogen-bond donors (Lipinski definition) is 0. The molecule has 0 amide bonds. The van der Waals surface area contributed by atoms with Crippen LogP contribution in [0.4, 0.5) is 0 Å². The number of fused-ring (bicyclic) bond motifs is 1. The molecule has 0 aliphatic heterocycles. The lowest BCUT2D eigenvalue weighted by molar-refractivity contribution is 0.517. The molecule has 4 rings (SSSR count). The highest BCUT2D eigenvalue weighted by atomic mass is 35.5. The van der Waals surface area contributed by atoms with Crippen molar-refractivity contribution in [1.29, 1.82) is 0 Å². The molecule has 196 valence electrons. The van der Waals surface area contributed by atoms with E-state index in [-0.39, 0.29) is 0 Å². The van der Waals surface area contributed by atoms with Gasteiger partial charge in [-0.3, -0.25) is 0 Å². The van der Waals surface area contributed by atoms with Gasteiger partial charge in [-0.05, 0) is 124 Å². The zero-order valence-corrected chi connectivity index (χ0v) is 24.4. The van der Waals surface area contributed by atoms with Gasteiger partial charge in [0.1, 0.15) is 0 Å². The summed E-state index contributed by atoms with van der Waals surface area (Å²) >= 11 is 6.31. The summed E-state index contributed by atoms with van der Waals surface area (Å²) in [6, 6.07) is 6.32. The van der Waals surface area contributed by atoms with Gasteiger partial charge >= 0.3 is 0 Å². The van der Waals surface area contributed by atoms with Gasteiger partial charge in [-0.15, -0.1) is 0 Å². The number of hydrogen-bond acceptors (Lipinski definition) is 0. The molecule has 0 bridgehead atoms. The van der Waals surface area contributed by atoms with Gasteiger partial charge in [-0.25, -0.2) is 0 Å². The number of halogens is 1. The van der Waals surface area contributed by atoms with E-state index >= 15 is 0 Å². The van der Waals surface area contributed by atoms with Crippen LogP contribution in [0.1, 0.15) is 90.2 Å². The van der Waals surface area contributed by atoms with Crippen LogP contribution in [-0.4, -0.2) is 0 Å². The highest BCUT2D eigenvalue weighted by Crippen LogP contribution is 2.44. The molecule has 0 spiro atoms. The molecule has 1 heteroatoms. The Bertz CT molecular complexity index is 1210. The molecule has 37 heavy (non-hydrogen) atoms. The monoisotopic (exact) mass is 512 g/mol.